The quantitative estimate of drug-likeness (QED) is 0.822. The van der Waals surface area contributed by atoms with Gasteiger partial charge in [0.15, 0.2) is 0 Å². The van der Waals surface area contributed by atoms with Gasteiger partial charge in [-0.2, -0.15) is 0 Å². The Kier molecular flexibility index (Phi) is 5.57. The zero-order chi connectivity index (χ0) is 13.5. The molecule has 0 bridgehead atoms. The van der Waals surface area contributed by atoms with E-state index in [1.54, 1.807) is 18.6 Å². The summed E-state index contributed by atoms with van der Waals surface area (Å²) in [5.41, 5.74) is 1.70. The summed E-state index contributed by atoms with van der Waals surface area (Å²) in [5.74, 6) is -0.906. The van der Waals surface area contributed by atoms with E-state index in [-0.39, 0.29) is 18.5 Å². The van der Waals surface area contributed by atoms with Gasteiger partial charge in [0.25, 0.3) is 0 Å². The highest BCUT2D eigenvalue weighted by molar-refractivity contribution is 7.09. The number of carboxylic acids is 1. The van der Waals surface area contributed by atoms with E-state index in [4.69, 9.17) is 5.11 Å². The Morgan fingerprint density at radius 3 is 2.83 bits per heavy atom. The van der Waals surface area contributed by atoms with Crippen molar-refractivity contribution in [3.05, 3.63) is 16.6 Å². The van der Waals surface area contributed by atoms with Gasteiger partial charge in [-0.15, -0.1) is 11.3 Å². The number of rotatable bonds is 6. The molecule has 1 atom stereocenters. The minimum absolute atomic E-state index is 0.0538. The smallest absolute Gasteiger partial charge is 0.317 e. The molecule has 0 spiro atoms. The molecule has 0 aliphatic carbocycles. The van der Waals surface area contributed by atoms with Crippen molar-refractivity contribution in [2.45, 2.75) is 32.9 Å². The monoisotopic (exact) mass is 271 g/mol. The van der Waals surface area contributed by atoms with Gasteiger partial charge in [-0.25, -0.2) is 4.79 Å². The van der Waals surface area contributed by atoms with Crippen molar-refractivity contribution >= 4 is 23.3 Å². The lowest BCUT2D eigenvalue weighted by molar-refractivity contribution is -0.138. The fourth-order valence-corrected chi connectivity index (χ4v) is 2.15. The molecule has 0 saturated carbocycles. The zero-order valence-corrected chi connectivity index (χ0v) is 11.2. The average molecular weight is 271 g/mol. The van der Waals surface area contributed by atoms with E-state index in [2.05, 4.69) is 10.3 Å². The number of hydrogen-bond donors (Lipinski definition) is 2. The zero-order valence-electron chi connectivity index (χ0n) is 10.4. The van der Waals surface area contributed by atoms with Gasteiger partial charge < -0.3 is 15.3 Å². The molecule has 2 amide bonds. The fourth-order valence-electron chi connectivity index (χ4n) is 1.61. The minimum Gasteiger partial charge on any atom is -0.481 e. The summed E-state index contributed by atoms with van der Waals surface area (Å²) in [4.78, 5) is 28.9. The largest absolute Gasteiger partial charge is 0.481 e. The van der Waals surface area contributed by atoms with Crippen LogP contribution in [0.15, 0.2) is 11.7 Å². The molecule has 1 rings (SSSR count). The van der Waals surface area contributed by atoms with Crippen LogP contribution in [0, 0.1) is 0 Å². The molecule has 0 aliphatic rings. The molecule has 1 aromatic rings. The second-order valence-electron chi connectivity index (χ2n) is 3.86. The Morgan fingerprint density at radius 1 is 1.61 bits per heavy atom. The molecular weight excluding hydrogens is 254 g/mol. The fraction of sp³-hybridized carbons (Fsp3) is 0.545. The molecule has 100 valence electrons. The van der Waals surface area contributed by atoms with Gasteiger partial charge >= 0.3 is 12.0 Å². The van der Waals surface area contributed by atoms with Crippen LogP contribution < -0.4 is 5.32 Å². The summed E-state index contributed by atoms with van der Waals surface area (Å²) in [6.45, 7) is 4.44. The van der Waals surface area contributed by atoms with Crippen LogP contribution >= 0.6 is 11.3 Å². The van der Waals surface area contributed by atoms with E-state index in [9.17, 15) is 9.59 Å². The van der Waals surface area contributed by atoms with E-state index >= 15 is 0 Å². The van der Waals surface area contributed by atoms with Gasteiger partial charge in [0, 0.05) is 23.7 Å². The average Bonchev–Trinajstić information content (AvgIpc) is 2.79. The van der Waals surface area contributed by atoms with Crippen LogP contribution in [-0.4, -0.2) is 39.6 Å². The number of hydrogen-bond acceptors (Lipinski definition) is 4. The van der Waals surface area contributed by atoms with Crippen molar-refractivity contribution in [1.82, 2.24) is 15.2 Å². The molecule has 18 heavy (non-hydrogen) atoms. The number of urea groups is 1. The second kappa shape index (κ2) is 6.95. The van der Waals surface area contributed by atoms with Crippen LogP contribution in [0.2, 0.25) is 0 Å². The highest BCUT2D eigenvalue weighted by Crippen LogP contribution is 2.07. The molecule has 0 fully saturated rings. The normalized spacial score (nSPS) is 11.9. The third-order valence-electron chi connectivity index (χ3n) is 2.50. The maximum Gasteiger partial charge on any atom is 0.317 e. The Balaban J connectivity index is 2.48. The summed E-state index contributed by atoms with van der Waals surface area (Å²) in [5, 5.41) is 11.5. The number of aliphatic carboxylic acids is 1. The van der Waals surface area contributed by atoms with Crippen LogP contribution in [0.1, 0.15) is 25.1 Å². The van der Waals surface area contributed by atoms with Crippen LogP contribution in [-0.2, 0) is 11.3 Å². The molecule has 0 aromatic carbocycles. The van der Waals surface area contributed by atoms with Crippen molar-refractivity contribution in [3.63, 3.8) is 0 Å². The summed E-state index contributed by atoms with van der Waals surface area (Å²) in [6.07, 6.45) is 1.64. The van der Waals surface area contributed by atoms with Crippen molar-refractivity contribution < 1.29 is 14.7 Å². The standard InChI is InChI=1S/C11H17N3O3S/c1-3-14(8(2)4-10(15)16)11(17)13-6-9-5-12-7-18-9/h5,7-8H,3-4,6H2,1-2H3,(H,13,17)(H,15,16). The number of carbonyl (C=O) groups is 2. The first-order valence-electron chi connectivity index (χ1n) is 5.68. The van der Waals surface area contributed by atoms with Crippen molar-refractivity contribution in [3.8, 4) is 0 Å². The van der Waals surface area contributed by atoms with E-state index in [1.807, 2.05) is 6.92 Å². The first kappa shape index (κ1) is 14.4. The maximum atomic E-state index is 11.9. The number of carboxylic acid groups (broad SMARTS) is 1. The highest BCUT2D eigenvalue weighted by atomic mass is 32.1. The molecular formula is C11H17N3O3S. The summed E-state index contributed by atoms with van der Waals surface area (Å²) >= 11 is 1.46. The van der Waals surface area contributed by atoms with Gasteiger partial charge in [0.05, 0.1) is 18.5 Å². The third-order valence-corrected chi connectivity index (χ3v) is 3.28. The van der Waals surface area contributed by atoms with Crippen molar-refractivity contribution in [1.29, 1.82) is 0 Å². The minimum atomic E-state index is -0.906. The topological polar surface area (TPSA) is 82.5 Å². The maximum absolute atomic E-state index is 11.9. The van der Waals surface area contributed by atoms with E-state index in [0.29, 0.717) is 13.1 Å². The third kappa shape index (κ3) is 4.33. The number of thiazole rings is 1. The van der Waals surface area contributed by atoms with Gasteiger partial charge in [0.2, 0.25) is 0 Å². The SMILES string of the molecule is CCN(C(=O)NCc1cncs1)C(C)CC(=O)O. The van der Waals surface area contributed by atoms with Gasteiger partial charge in [0.1, 0.15) is 0 Å². The second-order valence-corrected chi connectivity index (χ2v) is 4.83. The first-order valence-corrected chi connectivity index (χ1v) is 6.56. The van der Waals surface area contributed by atoms with Crippen LogP contribution in [0.25, 0.3) is 0 Å². The molecule has 1 unspecified atom stereocenters. The number of amides is 2. The van der Waals surface area contributed by atoms with Crippen LogP contribution in [0.5, 0.6) is 0 Å². The highest BCUT2D eigenvalue weighted by Gasteiger charge is 2.20. The molecule has 0 saturated heterocycles. The molecule has 0 aliphatic heterocycles. The van der Waals surface area contributed by atoms with E-state index in [0.717, 1.165) is 4.88 Å². The predicted octanol–water partition coefficient (Wildman–Crippen LogP) is 1.54. The lowest BCUT2D eigenvalue weighted by Gasteiger charge is -2.27. The Hall–Kier alpha value is -1.63. The van der Waals surface area contributed by atoms with Gasteiger partial charge in [-0.3, -0.25) is 9.78 Å². The number of aromatic nitrogens is 1. The Bertz CT molecular complexity index is 394. The van der Waals surface area contributed by atoms with Gasteiger partial charge in [-0.1, -0.05) is 0 Å². The molecule has 0 radical (unpaired) electrons. The molecule has 2 N–H and O–H groups in total. The van der Waals surface area contributed by atoms with Crippen LogP contribution in [0.3, 0.4) is 0 Å². The summed E-state index contributed by atoms with van der Waals surface area (Å²) < 4.78 is 0. The lowest BCUT2D eigenvalue weighted by atomic mass is 10.2. The lowest BCUT2D eigenvalue weighted by Crippen LogP contribution is -2.45. The molecule has 6 nitrogen and oxygen atoms in total. The summed E-state index contributed by atoms with van der Waals surface area (Å²) in [6, 6.07) is -0.575. The molecule has 1 heterocycles. The predicted molar refractivity (Wildman–Crippen MR) is 68.4 cm³/mol. The van der Waals surface area contributed by atoms with Crippen LogP contribution in [0.4, 0.5) is 4.79 Å². The molecule has 7 heteroatoms. The Labute approximate surface area is 110 Å². The number of nitrogens with zero attached hydrogens (tertiary/aromatic N) is 2. The number of nitrogens with one attached hydrogen (secondary N) is 1. The van der Waals surface area contributed by atoms with E-state index in [1.165, 1.54) is 16.2 Å². The Morgan fingerprint density at radius 2 is 2.33 bits per heavy atom. The van der Waals surface area contributed by atoms with Crippen molar-refractivity contribution in [2.24, 2.45) is 0 Å². The molecule has 1 aromatic heterocycles. The van der Waals surface area contributed by atoms with E-state index < -0.39 is 5.97 Å². The summed E-state index contributed by atoms with van der Waals surface area (Å²) in [7, 11) is 0. The number of carbonyl (C=O) groups excluding carboxylic acids is 1. The van der Waals surface area contributed by atoms with Gasteiger partial charge in [-0.05, 0) is 13.8 Å². The first-order chi connectivity index (χ1) is 8.54. The van der Waals surface area contributed by atoms with Crippen molar-refractivity contribution in [2.75, 3.05) is 6.54 Å².